The summed E-state index contributed by atoms with van der Waals surface area (Å²) in [6.45, 7) is 7.23. The summed E-state index contributed by atoms with van der Waals surface area (Å²) < 4.78 is 16.5. The van der Waals surface area contributed by atoms with Gasteiger partial charge in [0.25, 0.3) is 0 Å². The standard InChI is InChI=1S/C20H23NO3/c1-4-14(3)15-6-8-17(9-7-15)21-12-16-10-19-20(24-13-23-19)11-18(16)22-5-2/h6-12,14H,4-5,13H2,1-3H3/t14-/m1/s1. The van der Waals surface area contributed by atoms with Crippen LogP contribution in [0.5, 0.6) is 17.2 Å². The highest BCUT2D eigenvalue weighted by molar-refractivity contribution is 5.87. The maximum absolute atomic E-state index is 5.69. The van der Waals surface area contributed by atoms with Gasteiger partial charge in [-0.05, 0) is 43.0 Å². The van der Waals surface area contributed by atoms with Crippen LogP contribution < -0.4 is 14.2 Å². The molecule has 0 saturated carbocycles. The predicted molar refractivity (Wildman–Crippen MR) is 96.1 cm³/mol. The minimum absolute atomic E-state index is 0.249. The van der Waals surface area contributed by atoms with Crippen LogP contribution in [0.2, 0.25) is 0 Å². The number of rotatable bonds is 6. The number of aliphatic imine (C=N–C) groups is 1. The molecule has 0 spiro atoms. The van der Waals surface area contributed by atoms with E-state index in [1.54, 1.807) is 0 Å². The Morgan fingerprint density at radius 2 is 1.83 bits per heavy atom. The highest BCUT2D eigenvalue weighted by Crippen LogP contribution is 2.37. The molecule has 0 radical (unpaired) electrons. The van der Waals surface area contributed by atoms with Crippen molar-refractivity contribution in [3.05, 3.63) is 47.5 Å². The summed E-state index contributed by atoms with van der Waals surface area (Å²) in [5, 5.41) is 0. The number of hydrogen-bond donors (Lipinski definition) is 0. The zero-order chi connectivity index (χ0) is 16.9. The molecule has 0 amide bonds. The second kappa shape index (κ2) is 7.39. The molecule has 2 aromatic rings. The SMILES string of the molecule is CCOc1cc2c(cc1C=Nc1ccc([C@H](C)CC)cc1)OCO2. The minimum Gasteiger partial charge on any atom is -0.493 e. The molecule has 24 heavy (non-hydrogen) atoms. The Morgan fingerprint density at radius 3 is 2.50 bits per heavy atom. The minimum atomic E-state index is 0.249. The van der Waals surface area contributed by atoms with Crippen molar-refractivity contribution < 1.29 is 14.2 Å². The first-order valence-electron chi connectivity index (χ1n) is 8.41. The Kier molecular flexibility index (Phi) is 5.04. The largest absolute Gasteiger partial charge is 0.493 e. The Balaban J connectivity index is 1.83. The van der Waals surface area contributed by atoms with Crippen molar-refractivity contribution in [2.75, 3.05) is 13.4 Å². The Bertz CT molecular complexity index is 722. The van der Waals surface area contributed by atoms with Gasteiger partial charge in [0.1, 0.15) is 5.75 Å². The van der Waals surface area contributed by atoms with Crippen molar-refractivity contribution in [2.24, 2.45) is 4.99 Å². The lowest BCUT2D eigenvalue weighted by molar-refractivity contribution is 0.174. The quantitative estimate of drug-likeness (QED) is 0.695. The van der Waals surface area contributed by atoms with Crippen LogP contribution in [0.4, 0.5) is 5.69 Å². The van der Waals surface area contributed by atoms with Crippen LogP contribution in [-0.2, 0) is 0 Å². The smallest absolute Gasteiger partial charge is 0.231 e. The fourth-order valence-electron chi connectivity index (χ4n) is 2.59. The van der Waals surface area contributed by atoms with E-state index in [1.807, 2.05) is 37.4 Å². The zero-order valence-electron chi connectivity index (χ0n) is 14.4. The maximum Gasteiger partial charge on any atom is 0.231 e. The Morgan fingerprint density at radius 1 is 1.12 bits per heavy atom. The van der Waals surface area contributed by atoms with Crippen LogP contribution in [0.25, 0.3) is 0 Å². The monoisotopic (exact) mass is 325 g/mol. The van der Waals surface area contributed by atoms with E-state index in [4.69, 9.17) is 14.2 Å². The van der Waals surface area contributed by atoms with Gasteiger partial charge >= 0.3 is 0 Å². The molecule has 0 N–H and O–H groups in total. The fourth-order valence-corrected chi connectivity index (χ4v) is 2.59. The van der Waals surface area contributed by atoms with Gasteiger partial charge in [0, 0.05) is 17.8 Å². The van der Waals surface area contributed by atoms with E-state index >= 15 is 0 Å². The van der Waals surface area contributed by atoms with Crippen LogP contribution in [0.1, 0.15) is 44.2 Å². The molecule has 0 aliphatic carbocycles. The molecule has 0 bridgehead atoms. The first kappa shape index (κ1) is 16.4. The molecule has 1 aliphatic heterocycles. The molecule has 2 aromatic carbocycles. The average molecular weight is 325 g/mol. The van der Waals surface area contributed by atoms with E-state index in [2.05, 4.69) is 31.0 Å². The molecule has 1 atom stereocenters. The normalized spacial score (nSPS) is 14.1. The third-order valence-corrected chi connectivity index (χ3v) is 4.23. The van der Waals surface area contributed by atoms with Crippen molar-refractivity contribution >= 4 is 11.9 Å². The molecule has 0 fully saturated rings. The second-order valence-corrected chi connectivity index (χ2v) is 5.84. The van der Waals surface area contributed by atoms with Crippen LogP contribution in [0, 0.1) is 0 Å². The van der Waals surface area contributed by atoms with E-state index in [1.165, 1.54) is 5.56 Å². The molecule has 3 rings (SSSR count). The third kappa shape index (κ3) is 3.53. The summed E-state index contributed by atoms with van der Waals surface area (Å²) in [7, 11) is 0. The third-order valence-electron chi connectivity index (χ3n) is 4.23. The number of hydrogen-bond acceptors (Lipinski definition) is 4. The Hall–Kier alpha value is -2.49. The molecule has 1 aliphatic rings. The molecule has 0 aromatic heterocycles. The van der Waals surface area contributed by atoms with Crippen LogP contribution in [-0.4, -0.2) is 19.6 Å². The van der Waals surface area contributed by atoms with Gasteiger partial charge in [0.05, 0.1) is 12.3 Å². The van der Waals surface area contributed by atoms with E-state index in [0.29, 0.717) is 18.3 Å². The van der Waals surface area contributed by atoms with E-state index in [0.717, 1.165) is 29.2 Å². The summed E-state index contributed by atoms with van der Waals surface area (Å²) >= 11 is 0. The van der Waals surface area contributed by atoms with E-state index < -0.39 is 0 Å². The van der Waals surface area contributed by atoms with Crippen molar-refractivity contribution in [3.8, 4) is 17.2 Å². The van der Waals surface area contributed by atoms with Crippen LogP contribution in [0.3, 0.4) is 0 Å². The van der Waals surface area contributed by atoms with Gasteiger partial charge in [-0.25, -0.2) is 0 Å². The topological polar surface area (TPSA) is 40.0 Å². The summed E-state index contributed by atoms with van der Waals surface area (Å²) in [4.78, 5) is 4.57. The van der Waals surface area contributed by atoms with Crippen molar-refractivity contribution in [3.63, 3.8) is 0 Å². The lowest BCUT2D eigenvalue weighted by Gasteiger charge is -2.09. The number of benzene rings is 2. The highest BCUT2D eigenvalue weighted by Gasteiger charge is 2.17. The maximum atomic E-state index is 5.69. The van der Waals surface area contributed by atoms with Crippen molar-refractivity contribution in [1.29, 1.82) is 0 Å². The first-order valence-corrected chi connectivity index (χ1v) is 8.41. The van der Waals surface area contributed by atoms with Gasteiger partial charge < -0.3 is 14.2 Å². The summed E-state index contributed by atoms with van der Waals surface area (Å²) in [6.07, 6.45) is 2.95. The molecule has 0 unspecified atom stereocenters. The first-order chi connectivity index (χ1) is 11.7. The van der Waals surface area contributed by atoms with Crippen LogP contribution in [0.15, 0.2) is 41.4 Å². The average Bonchev–Trinajstić information content (AvgIpc) is 3.07. The number of fused-ring (bicyclic) bond motifs is 1. The summed E-state index contributed by atoms with van der Waals surface area (Å²) in [5.41, 5.74) is 3.14. The van der Waals surface area contributed by atoms with Crippen molar-refractivity contribution in [1.82, 2.24) is 0 Å². The van der Waals surface area contributed by atoms with Gasteiger partial charge in [0.15, 0.2) is 11.5 Å². The summed E-state index contributed by atoms with van der Waals surface area (Å²) in [6, 6.07) is 12.1. The van der Waals surface area contributed by atoms with Crippen LogP contribution >= 0.6 is 0 Å². The van der Waals surface area contributed by atoms with Gasteiger partial charge in [-0.15, -0.1) is 0 Å². The molecule has 4 nitrogen and oxygen atoms in total. The molecule has 4 heteroatoms. The molecule has 0 saturated heterocycles. The van der Waals surface area contributed by atoms with Gasteiger partial charge in [-0.3, -0.25) is 4.99 Å². The molecular weight excluding hydrogens is 302 g/mol. The molecular formula is C20H23NO3. The predicted octanol–water partition coefficient (Wildman–Crippen LogP) is 5.08. The second-order valence-electron chi connectivity index (χ2n) is 5.84. The Labute approximate surface area is 143 Å². The van der Waals surface area contributed by atoms with E-state index in [9.17, 15) is 0 Å². The number of nitrogens with zero attached hydrogens (tertiary/aromatic N) is 1. The lowest BCUT2D eigenvalue weighted by Crippen LogP contribution is -1.96. The van der Waals surface area contributed by atoms with Crippen molar-refractivity contribution in [2.45, 2.75) is 33.1 Å². The molecule has 126 valence electrons. The number of ether oxygens (including phenoxy) is 3. The zero-order valence-corrected chi connectivity index (χ0v) is 14.4. The van der Waals surface area contributed by atoms with Gasteiger partial charge in [-0.2, -0.15) is 0 Å². The van der Waals surface area contributed by atoms with Gasteiger partial charge in [0.2, 0.25) is 6.79 Å². The van der Waals surface area contributed by atoms with E-state index in [-0.39, 0.29) is 6.79 Å². The highest BCUT2D eigenvalue weighted by atomic mass is 16.7. The fraction of sp³-hybridized carbons (Fsp3) is 0.350. The van der Waals surface area contributed by atoms with Gasteiger partial charge in [-0.1, -0.05) is 26.0 Å². The summed E-state index contributed by atoms with van der Waals surface area (Å²) in [5.74, 6) is 2.77. The molecule has 1 heterocycles. The lowest BCUT2D eigenvalue weighted by atomic mass is 9.99.